The molecule has 8 heteroatoms. The Kier molecular flexibility index (Phi) is 5.51. The number of anilines is 1. The Morgan fingerprint density at radius 2 is 1.84 bits per heavy atom. The molecule has 2 aromatic rings. The van der Waals surface area contributed by atoms with Crippen molar-refractivity contribution < 1.29 is 27.5 Å². The zero-order valence-electron chi connectivity index (χ0n) is 17.1. The molecule has 2 aliphatic rings. The molecule has 0 atom stereocenters. The minimum atomic E-state index is -4.39. The molecule has 1 N–H and O–H groups in total. The van der Waals surface area contributed by atoms with Gasteiger partial charge in [-0.2, -0.15) is 13.2 Å². The number of amides is 1. The molecule has 2 aliphatic heterocycles. The van der Waals surface area contributed by atoms with E-state index in [0.717, 1.165) is 23.3 Å². The number of nitrogens with zero attached hydrogens (tertiary/aromatic N) is 1. The van der Waals surface area contributed by atoms with Gasteiger partial charge < -0.3 is 10.1 Å². The average Bonchev–Trinajstić information content (AvgIpc) is 2.94. The number of alkyl halides is 3. The van der Waals surface area contributed by atoms with Gasteiger partial charge in [-0.05, 0) is 61.2 Å². The Morgan fingerprint density at radius 3 is 2.52 bits per heavy atom. The molecule has 2 aromatic carbocycles. The van der Waals surface area contributed by atoms with E-state index in [1.807, 2.05) is 12.1 Å². The van der Waals surface area contributed by atoms with E-state index in [0.29, 0.717) is 43.6 Å². The molecule has 1 amide bonds. The summed E-state index contributed by atoms with van der Waals surface area (Å²) < 4.78 is 44.3. The molecular weight excluding hydrogens is 409 g/mol. The molecule has 1 saturated heterocycles. The van der Waals surface area contributed by atoms with Crippen molar-refractivity contribution in [1.29, 1.82) is 0 Å². The van der Waals surface area contributed by atoms with Crippen molar-refractivity contribution in [2.75, 3.05) is 24.7 Å². The van der Waals surface area contributed by atoms with Crippen molar-refractivity contribution in [2.45, 2.75) is 37.8 Å². The lowest BCUT2D eigenvalue weighted by Crippen LogP contribution is -2.47. The number of piperidine rings is 1. The zero-order chi connectivity index (χ0) is 22.2. The number of fused-ring (bicyclic) bond motifs is 2. The molecule has 4 rings (SSSR count). The predicted octanol–water partition coefficient (Wildman–Crippen LogP) is 3.78. The molecule has 1 spiro atoms. The summed E-state index contributed by atoms with van der Waals surface area (Å²) in [6.45, 7) is 2.51. The molecular formula is C23H23F3N2O3. The normalized spacial score (nSPS) is 17.7. The smallest absolute Gasteiger partial charge is 0.416 e. The summed E-state index contributed by atoms with van der Waals surface area (Å²) in [5, 5.41) is 3.26. The molecule has 0 aliphatic carbocycles. The molecule has 2 heterocycles. The summed E-state index contributed by atoms with van der Waals surface area (Å²) >= 11 is 0. The fourth-order valence-corrected chi connectivity index (χ4v) is 4.51. The Hall–Kier alpha value is -2.87. The standard InChI is InChI=1S/C23H23F3N2O3/c1-15(29)31-14-28-20-6-5-17(11-16-3-2-4-18(12-16)23(24,25)26)13-19(20)22(21(28)30)7-9-27-10-8-22/h2-6,12-13,27H,7-11,14H2,1H3. The van der Waals surface area contributed by atoms with Crippen LogP contribution >= 0.6 is 0 Å². The van der Waals surface area contributed by atoms with Crippen LogP contribution in [0.4, 0.5) is 18.9 Å². The van der Waals surface area contributed by atoms with E-state index in [2.05, 4.69) is 5.32 Å². The van der Waals surface area contributed by atoms with E-state index in [4.69, 9.17) is 4.74 Å². The molecule has 164 valence electrons. The molecule has 31 heavy (non-hydrogen) atoms. The maximum atomic E-state index is 13.4. The number of rotatable bonds is 4. The zero-order valence-corrected chi connectivity index (χ0v) is 17.1. The second-order valence-corrected chi connectivity index (χ2v) is 8.06. The van der Waals surface area contributed by atoms with Crippen LogP contribution < -0.4 is 10.2 Å². The molecule has 0 unspecified atom stereocenters. The number of hydrogen-bond acceptors (Lipinski definition) is 4. The molecule has 1 fully saturated rings. The van der Waals surface area contributed by atoms with Gasteiger partial charge in [-0.1, -0.05) is 30.3 Å². The first-order valence-electron chi connectivity index (χ1n) is 10.2. The molecule has 0 radical (unpaired) electrons. The summed E-state index contributed by atoms with van der Waals surface area (Å²) in [6, 6.07) is 10.8. The number of ether oxygens (including phenoxy) is 1. The van der Waals surface area contributed by atoms with Gasteiger partial charge in [0.25, 0.3) is 0 Å². The number of carbonyl (C=O) groups excluding carboxylic acids is 2. The van der Waals surface area contributed by atoms with Gasteiger partial charge in [0.1, 0.15) is 0 Å². The summed E-state index contributed by atoms with van der Waals surface area (Å²) in [5.74, 6) is -0.566. The van der Waals surface area contributed by atoms with Gasteiger partial charge in [-0.3, -0.25) is 14.5 Å². The second-order valence-electron chi connectivity index (χ2n) is 8.06. The van der Waals surface area contributed by atoms with Crippen molar-refractivity contribution in [3.05, 3.63) is 64.7 Å². The van der Waals surface area contributed by atoms with Crippen LogP contribution in [0.25, 0.3) is 0 Å². The molecule has 5 nitrogen and oxygen atoms in total. The van der Waals surface area contributed by atoms with Gasteiger partial charge >= 0.3 is 12.1 Å². The third-order valence-electron chi connectivity index (χ3n) is 6.04. The maximum Gasteiger partial charge on any atom is 0.416 e. The maximum absolute atomic E-state index is 13.4. The number of nitrogens with one attached hydrogen (secondary N) is 1. The predicted molar refractivity (Wildman–Crippen MR) is 109 cm³/mol. The van der Waals surface area contributed by atoms with Crippen LogP contribution in [0.2, 0.25) is 0 Å². The fraction of sp³-hybridized carbons (Fsp3) is 0.391. The van der Waals surface area contributed by atoms with Crippen LogP contribution in [-0.4, -0.2) is 31.7 Å². The molecule has 0 bridgehead atoms. The van der Waals surface area contributed by atoms with Gasteiger partial charge in [0.15, 0.2) is 6.73 Å². The number of esters is 1. The summed E-state index contributed by atoms with van der Waals surface area (Å²) in [4.78, 5) is 26.1. The highest BCUT2D eigenvalue weighted by Crippen LogP contribution is 2.47. The Morgan fingerprint density at radius 1 is 1.13 bits per heavy atom. The largest absolute Gasteiger partial charge is 0.444 e. The Balaban J connectivity index is 1.69. The first-order valence-corrected chi connectivity index (χ1v) is 10.2. The monoisotopic (exact) mass is 432 g/mol. The minimum Gasteiger partial charge on any atom is -0.444 e. The van der Waals surface area contributed by atoms with Gasteiger partial charge in [-0.15, -0.1) is 0 Å². The van der Waals surface area contributed by atoms with Gasteiger partial charge in [-0.25, -0.2) is 0 Å². The number of hydrogen-bond donors (Lipinski definition) is 1. The SMILES string of the molecule is CC(=O)OCN1C(=O)C2(CCNCC2)c2cc(Cc3cccc(C(F)(F)F)c3)ccc21. The van der Waals surface area contributed by atoms with Crippen LogP contribution in [-0.2, 0) is 32.3 Å². The van der Waals surface area contributed by atoms with Crippen LogP contribution in [0.1, 0.15) is 42.0 Å². The lowest BCUT2D eigenvalue weighted by atomic mass is 9.73. The molecule has 0 saturated carbocycles. The van der Waals surface area contributed by atoms with E-state index < -0.39 is 23.1 Å². The highest BCUT2D eigenvalue weighted by molar-refractivity contribution is 6.08. The van der Waals surface area contributed by atoms with Crippen LogP contribution in [0.5, 0.6) is 0 Å². The number of benzene rings is 2. The van der Waals surface area contributed by atoms with Crippen molar-refractivity contribution in [1.82, 2.24) is 5.32 Å². The van der Waals surface area contributed by atoms with E-state index in [-0.39, 0.29) is 12.6 Å². The summed E-state index contributed by atoms with van der Waals surface area (Å²) in [6.07, 6.45) is -2.84. The average molecular weight is 432 g/mol. The number of halogens is 3. The lowest BCUT2D eigenvalue weighted by Gasteiger charge is -2.33. The fourth-order valence-electron chi connectivity index (χ4n) is 4.51. The van der Waals surface area contributed by atoms with Gasteiger partial charge in [0.2, 0.25) is 5.91 Å². The Bertz CT molecular complexity index is 1010. The summed E-state index contributed by atoms with van der Waals surface area (Å²) in [7, 11) is 0. The van der Waals surface area contributed by atoms with Crippen molar-refractivity contribution in [2.24, 2.45) is 0 Å². The highest BCUT2D eigenvalue weighted by Gasteiger charge is 2.51. The summed E-state index contributed by atoms with van der Waals surface area (Å²) in [5.41, 5.74) is 1.55. The van der Waals surface area contributed by atoms with E-state index in [1.54, 1.807) is 12.1 Å². The third kappa shape index (κ3) is 4.04. The van der Waals surface area contributed by atoms with Crippen LogP contribution in [0.15, 0.2) is 42.5 Å². The highest BCUT2D eigenvalue weighted by atomic mass is 19.4. The van der Waals surface area contributed by atoms with Crippen molar-refractivity contribution in [3.63, 3.8) is 0 Å². The Labute approximate surface area is 178 Å². The van der Waals surface area contributed by atoms with E-state index >= 15 is 0 Å². The minimum absolute atomic E-state index is 0.0959. The molecule has 0 aromatic heterocycles. The van der Waals surface area contributed by atoms with Crippen LogP contribution in [0.3, 0.4) is 0 Å². The second kappa shape index (κ2) is 8.00. The topological polar surface area (TPSA) is 58.6 Å². The number of carbonyl (C=O) groups is 2. The van der Waals surface area contributed by atoms with E-state index in [1.165, 1.54) is 17.9 Å². The van der Waals surface area contributed by atoms with Crippen molar-refractivity contribution >= 4 is 17.6 Å². The quantitative estimate of drug-likeness (QED) is 0.747. The first-order chi connectivity index (χ1) is 14.7. The lowest BCUT2D eigenvalue weighted by molar-refractivity contribution is -0.142. The third-order valence-corrected chi connectivity index (χ3v) is 6.04. The van der Waals surface area contributed by atoms with Crippen LogP contribution in [0, 0.1) is 0 Å². The van der Waals surface area contributed by atoms with Crippen molar-refractivity contribution in [3.8, 4) is 0 Å². The van der Waals surface area contributed by atoms with Gasteiger partial charge in [0.05, 0.1) is 16.7 Å². The first kappa shape index (κ1) is 21.4. The van der Waals surface area contributed by atoms with Gasteiger partial charge in [0, 0.05) is 6.92 Å². The van der Waals surface area contributed by atoms with E-state index in [9.17, 15) is 22.8 Å².